The second kappa shape index (κ2) is 5.30. The lowest BCUT2D eigenvalue weighted by molar-refractivity contribution is 0.295. The third-order valence-corrected chi connectivity index (χ3v) is 6.01. The van der Waals surface area contributed by atoms with Gasteiger partial charge in [-0.1, -0.05) is 26.7 Å². The van der Waals surface area contributed by atoms with Crippen LogP contribution in [0.2, 0.25) is 0 Å². The van der Waals surface area contributed by atoms with E-state index in [1.165, 1.54) is 45.1 Å². The zero-order valence-electron chi connectivity index (χ0n) is 11.1. The Morgan fingerprint density at radius 2 is 1.94 bits per heavy atom. The topological polar surface area (TPSA) is 12.0 Å². The van der Waals surface area contributed by atoms with Gasteiger partial charge in [0.1, 0.15) is 0 Å². The Kier molecular flexibility index (Phi) is 4.23. The van der Waals surface area contributed by atoms with Crippen molar-refractivity contribution in [3.8, 4) is 0 Å². The normalized spacial score (nSPS) is 33.0. The summed E-state index contributed by atoms with van der Waals surface area (Å²) in [7, 11) is 0. The smallest absolute Gasteiger partial charge is 0.0198 e. The van der Waals surface area contributed by atoms with E-state index in [1.54, 1.807) is 0 Å². The molecule has 0 radical (unpaired) electrons. The molecule has 2 atom stereocenters. The molecule has 0 aromatic rings. The summed E-state index contributed by atoms with van der Waals surface area (Å²) in [5.41, 5.74) is 0.667. The lowest BCUT2D eigenvalue weighted by Crippen LogP contribution is -2.43. The van der Waals surface area contributed by atoms with E-state index in [2.05, 4.69) is 37.2 Å². The van der Waals surface area contributed by atoms with Crippen LogP contribution in [0, 0.1) is 11.3 Å². The van der Waals surface area contributed by atoms with Crippen molar-refractivity contribution in [1.82, 2.24) is 5.32 Å². The van der Waals surface area contributed by atoms with Crippen molar-refractivity contribution in [3.63, 3.8) is 0 Å². The summed E-state index contributed by atoms with van der Waals surface area (Å²) in [6, 6.07) is 0.792. The molecule has 2 heteroatoms. The number of thioether (sulfide) groups is 1. The van der Waals surface area contributed by atoms with Crippen molar-refractivity contribution < 1.29 is 0 Å². The van der Waals surface area contributed by atoms with Crippen LogP contribution in [0.5, 0.6) is 0 Å². The van der Waals surface area contributed by atoms with E-state index in [-0.39, 0.29) is 0 Å². The second-order valence-electron chi connectivity index (χ2n) is 6.06. The molecular formula is C14H27NS. The summed E-state index contributed by atoms with van der Waals surface area (Å²) in [6.45, 7) is 6.05. The largest absolute Gasteiger partial charge is 0.312 e. The molecule has 2 unspecified atom stereocenters. The predicted molar refractivity (Wildman–Crippen MR) is 74.1 cm³/mol. The zero-order valence-corrected chi connectivity index (χ0v) is 11.9. The standard InChI is InChI=1S/C14H27NS/c1-11(2)14(8-9-14)10-15-12-6-4-5-7-13(12)16-3/h11-13,15H,4-10H2,1-3H3. The fourth-order valence-electron chi connectivity index (χ4n) is 3.07. The molecule has 0 aliphatic heterocycles. The van der Waals surface area contributed by atoms with Gasteiger partial charge in [0, 0.05) is 17.8 Å². The molecule has 2 fully saturated rings. The van der Waals surface area contributed by atoms with Crippen molar-refractivity contribution in [2.45, 2.75) is 63.7 Å². The average Bonchev–Trinajstić information content (AvgIpc) is 3.08. The number of nitrogens with one attached hydrogen (secondary N) is 1. The highest BCUT2D eigenvalue weighted by Gasteiger charge is 2.45. The summed E-state index contributed by atoms with van der Waals surface area (Å²) in [4.78, 5) is 0. The van der Waals surface area contributed by atoms with Crippen LogP contribution in [0.3, 0.4) is 0 Å². The molecule has 2 aliphatic rings. The Morgan fingerprint density at radius 1 is 1.25 bits per heavy atom. The summed E-state index contributed by atoms with van der Waals surface area (Å²) in [5, 5.41) is 4.76. The maximum absolute atomic E-state index is 3.89. The molecule has 0 aromatic carbocycles. The first-order chi connectivity index (χ1) is 7.68. The van der Waals surface area contributed by atoms with Crippen molar-refractivity contribution in [2.75, 3.05) is 12.8 Å². The average molecular weight is 241 g/mol. The van der Waals surface area contributed by atoms with Gasteiger partial charge in [0.05, 0.1) is 0 Å². The van der Waals surface area contributed by atoms with Crippen molar-refractivity contribution in [3.05, 3.63) is 0 Å². The highest BCUT2D eigenvalue weighted by molar-refractivity contribution is 7.99. The molecule has 0 spiro atoms. The highest BCUT2D eigenvalue weighted by atomic mass is 32.2. The van der Waals surface area contributed by atoms with Gasteiger partial charge >= 0.3 is 0 Å². The Morgan fingerprint density at radius 3 is 2.50 bits per heavy atom. The minimum atomic E-state index is 0.667. The number of hydrogen-bond acceptors (Lipinski definition) is 2. The first-order valence-corrected chi connectivity index (χ1v) is 8.23. The number of rotatable bonds is 5. The molecule has 0 amide bonds. The maximum Gasteiger partial charge on any atom is 0.0198 e. The third-order valence-electron chi connectivity index (χ3n) is 4.84. The van der Waals surface area contributed by atoms with Gasteiger partial charge in [0.15, 0.2) is 0 Å². The number of hydrogen-bond donors (Lipinski definition) is 1. The van der Waals surface area contributed by atoms with E-state index in [0.717, 1.165) is 17.2 Å². The van der Waals surface area contributed by atoms with Gasteiger partial charge in [0.2, 0.25) is 0 Å². The van der Waals surface area contributed by atoms with Gasteiger partial charge in [-0.15, -0.1) is 0 Å². The molecule has 0 heterocycles. The van der Waals surface area contributed by atoms with E-state index in [9.17, 15) is 0 Å². The first kappa shape index (κ1) is 12.8. The fourth-order valence-corrected chi connectivity index (χ4v) is 4.03. The Bertz CT molecular complexity index is 223. The van der Waals surface area contributed by atoms with Crippen LogP contribution in [0.1, 0.15) is 52.4 Å². The van der Waals surface area contributed by atoms with E-state index >= 15 is 0 Å². The van der Waals surface area contributed by atoms with Crippen LogP contribution < -0.4 is 5.32 Å². The summed E-state index contributed by atoms with van der Waals surface area (Å²) in [6.07, 6.45) is 10.9. The molecule has 2 saturated carbocycles. The van der Waals surface area contributed by atoms with Crippen LogP contribution in [-0.4, -0.2) is 24.1 Å². The quantitative estimate of drug-likeness (QED) is 0.788. The monoisotopic (exact) mass is 241 g/mol. The molecular weight excluding hydrogens is 214 g/mol. The molecule has 16 heavy (non-hydrogen) atoms. The predicted octanol–water partition coefficient (Wildman–Crippen LogP) is 3.69. The van der Waals surface area contributed by atoms with Crippen molar-refractivity contribution in [2.24, 2.45) is 11.3 Å². The van der Waals surface area contributed by atoms with Gasteiger partial charge < -0.3 is 5.32 Å². The minimum absolute atomic E-state index is 0.667. The molecule has 1 nitrogen and oxygen atoms in total. The molecule has 0 saturated heterocycles. The van der Waals surface area contributed by atoms with Crippen molar-refractivity contribution in [1.29, 1.82) is 0 Å². The van der Waals surface area contributed by atoms with Gasteiger partial charge in [0.25, 0.3) is 0 Å². The maximum atomic E-state index is 3.89. The van der Waals surface area contributed by atoms with Crippen molar-refractivity contribution >= 4 is 11.8 Å². The summed E-state index contributed by atoms with van der Waals surface area (Å²) < 4.78 is 0. The Labute approximate surface area is 105 Å². The fraction of sp³-hybridized carbons (Fsp3) is 1.00. The summed E-state index contributed by atoms with van der Waals surface area (Å²) in [5.74, 6) is 0.858. The van der Waals surface area contributed by atoms with E-state index in [0.29, 0.717) is 5.41 Å². The minimum Gasteiger partial charge on any atom is -0.312 e. The molecule has 2 aliphatic carbocycles. The van der Waals surface area contributed by atoms with Crippen LogP contribution in [0.4, 0.5) is 0 Å². The van der Waals surface area contributed by atoms with E-state index < -0.39 is 0 Å². The zero-order chi connectivity index (χ0) is 11.6. The molecule has 94 valence electrons. The molecule has 2 rings (SSSR count). The van der Waals surface area contributed by atoms with Crippen LogP contribution in [0.25, 0.3) is 0 Å². The van der Waals surface area contributed by atoms with Gasteiger partial charge in [-0.3, -0.25) is 0 Å². The first-order valence-electron chi connectivity index (χ1n) is 6.94. The van der Waals surface area contributed by atoms with E-state index in [1.807, 2.05) is 0 Å². The molecule has 0 bridgehead atoms. The Hall–Kier alpha value is 0.310. The second-order valence-corrected chi connectivity index (χ2v) is 7.14. The van der Waals surface area contributed by atoms with Crippen LogP contribution >= 0.6 is 11.8 Å². The van der Waals surface area contributed by atoms with Crippen LogP contribution in [-0.2, 0) is 0 Å². The lowest BCUT2D eigenvalue weighted by atomic mass is 9.90. The van der Waals surface area contributed by atoms with Gasteiger partial charge in [-0.2, -0.15) is 11.8 Å². The SMILES string of the molecule is CSC1CCCCC1NCC1(C(C)C)CC1. The van der Waals surface area contributed by atoms with Gasteiger partial charge in [-0.25, -0.2) is 0 Å². The summed E-state index contributed by atoms with van der Waals surface area (Å²) >= 11 is 2.07. The van der Waals surface area contributed by atoms with E-state index in [4.69, 9.17) is 0 Å². The Balaban J connectivity index is 1.80. The van der Waals surface area contributed by atoms with Crippen LogP contribution in [0.15, 0.2) is 0 Å². The highest BCUT2D eigenvalue weighted by Crippen LogP contribution is 2.51. The van der Waals surface area contributed by atoms with Gasteiger partial charge in [-0.05, 0) is 43.3 Å². The third kappa shape index (κ3) is 2.76. The molecule has 1 N–H and O–H groups in total. The molecule has 0 aromatic heterocycles. The lowest BCUT2D eigenvalue weighted by Gasteiger charge is -2.33.